The van der Waals surface area contributed by atoms with E-state index in [1.807, 2.05) is 17.5 Å². The summed E-state index contributed by atoms with van der Waals surface area (Å²) in [7, 11) is 1.46. The fourth-order valence-electron chi connectivity index (χ4n) is 3.24. The van der Waals surface area contributed by atoms with Crippen molar-refractivity contribution in [1.29, 1.82) is 0 Å². The van der Waals surface area contributed by atoms with Crippen molar-refractivity contribution in [3.05, 3.63) is 80.1 Å². The SMILES string of the molecule is COc1ccc(N2C(=O)/C(=C/c3cccs3)N=C2SCC(=O)Nc2cc(C(F)(F)F)ccc2Cl)cc1Cl. The minimum absolute atomic E-state index is 0.0459. The molecule has 1 aliphatic heterocycles. The number of alkyl halides is 3. The third-order valence-electron chi connectivity index (χ3n) is 4.95. The molecule has 0 saturated heterocycles. The smallest absolute Gasteiger partial charge is 0.416 e. The number of halogens is 5. The number of rotatable bonds is 6. The molecule has 1 aliphatic rings. The number of ether oxygens (including phenoxy) is 1. The Balaban J connectivity index is 1.57. The van der Waals surface area contributed by atoms with E-state index in [0.717, 1.165) is 34.8 Å². The molecule has 0 radical (unpaired) electrons. The zero-order valence-electron chi connectivity index (χ0n) is 18.8. The molecule has 3 aromatic rings. The van der Waals surface area contributed by atoms with E-state index < -0.39 is 23.6 Å². The maximum atomic E-state index is 13.3. The lowest BCUT2D eigenvalue weighted by Gasteiger charge is -2.19. The predicted molar refractivity (Wildman–Crippen MR) is 143 cm³/mol. The normalized spacial score (nSPS) is 14.8. The minimum Gasteiger partial charge on any atom is -0.495 e. The van der Waals surface area contributed by atoms with Crippen LogP contribution in [0.2, 0.25) is 10.0 Å². The number of benzene rings is 2. The van der Waals surface area contributed by atoms with Crippen LogP contribution in [0.3, 0.4) is 0 Å². The average molecular weight is 586 g/mol. The summed E-state index contributed by atoms with van der Waals surface area (Å²) < 4.78 is 44.3. The molecule has 2 aromatic carbocycles. The lowest BCUT2D eigenvalue weighted by molar-refractivity contribution is -0.137. The second-order valence-corrected chi connectivity index (χ2v) is 10.2. The summed E-state index contributed by atoms with van der Waals surface area (Å²) in [5.41, 5.74) is -0.573. The zero-order valence-corrected chi connectivity index (χ0v) is 22.0. The number of carbonyl (C=O) groups is 2. The van der Waals surface area contributed by atoms with Crippen molar-refractivity contribution >= 4 is 80.7 Å². The van der Waals surface area contributed by atoms with Crippen molar-refractivity contribution in [2.24, 2.45) is 4.99 Å². The van der Waals surface area contributed by atoms with E-state index in [9.17, 15) is 22.8 Å². The van der Waals surface area contributed by atoms with Gasteiger partial charge in [-0.05, 0) is 53.9 Å². The Hall–Kier alpha value is -2.99. The van der Waals surface area contributed by atoms with Crippen LogP contribution in [0.15, 0.2) is 64.6 Å². The first-order valence-corrected chi connectivity index (χ1v) is 13.0. The van der Waals surface area contributed by atoms with E-state index in [1.165, 1.54) is 29.4 Å². The van der Waals surface area contributed by atoms with E-state index in [1.54, 1.807) is 18.2 Å². The van der Waals surface area contributed by atoms with Crippen LogP contribution >= 0.6 is 46.3 Å². The molecular formula is C24H16Cl2F3N3O3S2. The first-order valence-electron chi connectivity index (χ1n) is 10.4. The van der Waals surface area contributed by atoms with Gasteiger partial charge in [-0.1, -0.05) is 41.0 Å². The molecule has 0 unspecified atom stereocenters. The molecule has 1 aromatic heterocycles. The molecule has 13 heteroatoms. The number of aliphatic imine (C=N–C) groups is 1. The van der Waals surface area contributed by atoms with Gasteiger partial charge in [0, 0.05) is 4.88 Å². The summed E-state index contributed by atoms with van der Waals surface area (Å²) in [4.78, 5) is 32.4. The molecule has 2 heterocycles. The maximum Gasteiger partial charge on any atom is 0.416 e. The number of amidine groups is 1. The van der Waals surface area contributed by atoms with E-state index in [2.05, 4.69) is 10.3 Å². The van der Waals surface area contributed by atoms with Gasteiger partial charge in [0.05, 0.1) is 39.8 Å². The predicted octanol–water partition coefficient (Wildman–Crippen LogP) is 7.20. The second-order valence-electron chi connectivity index (χ2n) is 7.43. The van der Waals surface area contributed by atoms with Gasteiger partial charge in [-0.2, -0.15) is 13.2 Å². The highest BCUT2D eigenvalue weighted by Crippen LogP contribution is 2.36. The van der Waals surface area contributed by atoms with Gasteiger partial charge < -0.3 is 10.1 Å². The summed E-state index contributed by atoms with van der Waals surface area (Å²) in [6.07, 6.45) is -2.97. The molecule has 6 nitrogen and oxygen atoms in total. The van der Waals surface area contributed by atoms with Crippen molar-refractivity contribution in [3.8, 4) is 5.75 Å². The number of hydrogen-bond donors (Lipinski definition) is 1. The minimum atomic E-state index is -4.59. The molecule has 0 spiro atoms. The summed E-state index contributed by atoms with van der Waals surface area (Å²) in [6, 6.07) is 11.0. The Labute approximate surface area is 227 Å². The van der Waals surface area contributed by atoms with Gasteiger partial charge in [-0.15, -0.1) is 11.3 Å². The fraction of sp³-hybridized carbons (Fsp3) is 0.125. The van der Waals surface area contributed by atoms with Crippen molar-refractivity contribution in [2.45, 2.75) is 6.18 Å². The van der Waals surface area contributed by atoms with Gasteiger partial charge in [-0.25, -0.2) is 4.99 Å². The summed E-state index contributed by atoms with van der Waals surface area (Å²) in [6.45, 7) is 0. The highest BCUT2D eigenvalue weighted by atomic mass is 35.5. The Morgan fingerprint density at radius 1 is 1.19 bits per heavy atom. The summed E-state index contributed by atoms with van der Waals surface area (Å²) in [5.74, 6) is -0.913. The molecule has 37 heavy (non-hydrogen) atoms. The van der Waals surface area contributed by atoms with Crippen LogP contribution in [0.1, 0.15) is 10.4 Å². The van der Waals surface area contributed by atoms with Crippen molar-refractivity contribution in [3.63, 3.8) is 0 Å². The van der Waals surface area contributed by atoms with Crippen molar-refractivity contribution in [2.75, 3.05) is 23.1 Å². The third kappa shape index (κ3) is 6.30. The number of thioether (sulfide) groups is 1. The number of anilines is 2. The molecule has 192 valence electrons. The number of nitrogens with one attached hydrogen (secondary N) is 1. The topological polar surface area (TPSA) is 71.0 Å². The third-order valence-corrected chi connectivity index (χ3v) is 7.33. The fourth-order valence-corrected chi connectivity index (χ4v) is 5.12. The number of amides is 2. The average Bonchev–Trinajstić information content (AvgIpc) is 3.46. The van der Waals surface area contributed by atoms with Crippen LogP contribution in [0, 0.1) is 0 Å². The molecular weight excluding hydrogens is 570 g/mol. The van der Waals surface area contributed by atoms with E-state index in [-0.39, 0.29) is 32.4 Å². The van der Waals surface area contributed by atoms with E-state index in [4.69, 9.17) is 27.9 Å². The van der Waals surface area contributed by atoms with Crippen LogP contribution in [0.4, 0.5) is 24.5 Å². The molecule has 0 atom stereocenters. The van der Waals surface area contributed by atoms with Gasteiger partial charge in [0.15, 0.2) is 5.17 Å². The van der Waals surface area contributed by atoms with E-state index >= 15 is 0 Å². The number of carbonyl (C=O) groups excluding carboxylic acids is 2. The Kier molecular flexibility index (Phi) is 8.17. The Morgan fingerprint density at radius 3 is 2.62 bits per heavy atom. The van der Waals surface area contributed by atoms with Crippen LogP contribution in [-0.4, -0.2) is 29.8 Å². The first kappa shape index (κ1) is 27.1. The molecule has 2 amide bonds. The van der Waals surface area contributed by atoms with Crippen LogP contribution in [0.25, 0.3) is 6.08 Å². The van der Waals surface area contributed by atoms with Gasteiger partial charge in [0.2, 0.25) is 5.91 Å². The Bertz CT molecular complexity index is 1410. The molecule has 1 N–H and O–H groups in total. The second kappa shape index (κ2) is 11.2. The molecule has 0 bridgehead atoms. The summed E-state index contributed by atoms with van der Waals surface area (Å²) >= 11 is 14.6. The zero-order chi connectivity index (χ0) is 26.7. The largest absolute Gasteiger partial charge is 0.495 e. The van der Waals surface area contributed by atoms with E-state index in [0.29, 0.717) is 11.4 Å². The van der Waals surface area contributed by atoms with Crippen LogP contribution < -0.4 is 15.0 Å². The van der Waals surface area contributed by atoms with Crippen molar-refractivity contribution in [1.82, 2.24) is 0 Å². The van der Waals surface area contributed by atoms with Gasteiger partial charge in [0.1, 0.15) is 11.4 Å². The maximum absolute atomic E-state index is 13.3. The van der Waals surface area contributed by atoms with Gasteiger partial charge in [0.25, 0.3) is 5.91 Å². The molecule has 0 aliphatic carbocycles. The number of thiophene rings is 1. The Morgan fingerprint density at radius 2 is 1.97 bits per heavy atom. The van der Waals surface area contributed by atoms with Gasteiger partial charge in [-0.3, -0.25) is 14.5 Å². The highest BCUT2D eigenvalue weighted by Gasteiger charge is 2.33. The van der Waals surface area contributed by atoms with Gasteiger partial charge >= 0.3 is 6.18 Å². The lowest BCUT2D eigenvalue weighted by atomic mass is 10.2. The summed E-state index contributed by atoms with van der Waals surface area (Å²) in [5, 5.41) is 4.66. The highest BCUT2D eigenvalue weighted by molar-refractivity contribution is 8.14. The molecule has 0 saturated carbocycles. The number of nitrogens with zero attached hydrogens (tertiary/aromatic N) is 2. The van der Waals surface area contributed by atoms with Crippen LogP contribution in [-0.2, 0) is 15.8 Å². The quantitative estimate of drug-likeness (QED) is 0.310. The van der Waals surface area contributed by atoms with Crippen LogP contribution in [0.5, 0.6) is 5.75 Å². The van der Waals surface area contributed by atoms with Crippen molar-refractivity contribution < 1.29 is 27.5 Å². The monoisotopic (exact) mass is 585 g/mol. The standard InChI is InChI=1S/C24H16Cl2F3N3O3S2/c1-35-20-7-5-14(10-17(20)26)32-22(34)19(11-15-3-2-8-36-15)31-23(32)37-12-21(33)30-18-9-13(24(27,28)29)4-6-16(18)25/h2-11H,12H2,1H3,(H,30,33)/b19-11-. The lowest BCUT2D eigenvalue weighted by Crippen LogP contribution is -2.31. The number of hydrogen-bond acceptors (Lipinski definition) is 6. The first-order chi connectivity index (χ1) is 17.6. The molecule has 4 rings (SSSR count). The molecule has 0 fully saturated rings. The number of methoxy groups -OCH3 is 1.